The number of nitrogens with one attached hydrogen (secondary N) is 2. The minimum absolute atomic E-state index is 0.0233. The van der Waals surface area contributed by atoms with Gasteiger partial charge in [-0.15, -0.1) is 0 Å². The van der Waals surface area contributed by atoms with E-state index in [9.17, 15) is 9.59 Å². The molecule has 1 aliphatic carbocycles. The summed E-state index contributed by atoms with van der Waals surface area (Å²) in [4.78, 5) is 27.0. The summed E-state index contributed by atoms with van der Waals surface area (Å²) >= 11 is 3.43. The zero-order valence-electron chi connectivity index (χ0n) is 17.2. The smallest absolute Gasteiger partial charge is 0.222 e. The zero-order chi connectivity index (χ0) is 20.7. The van der Waals surface area contributed by atoms with E-state index >= 15 is 0 Å². The standard InChI is InChI=1S/C22H32BrN3O3/c1-17(27)25-20(18-5-7-19(23)8-6-18)15-21(28)24-16-22(9-3-2-4-10-22)26-11-13-29-14-12-26/h5-8,20H,2-4,9-16H2,1H3,(H,24,28)(H,25,27). The van der Waals surface area contributed by atoms with Crippen LogP contribution in [-0.4, -0.2) is 55.1 Å². The molecule has 1 saturated heterocycles. The second-order valence-electron chi connectivity index (χ2n) is 8.17. The van der Waals surface area contributed by atoms with Crippen molar-refractivity contribution in [3.8, 4) is 0 Å². The minimum Gasteiger partial charge on any atom is -0.379 e. The molecule has 0 radical (unpaired) electrons. The van der Waals surface area contributed by atoms with Gasteiger partial charge >= 0.3 is 0 Å². The molecular formula is C22H32BrN3O3. The van der Waals surface area contributed by atoms with Crippen LogP contribution in [0.5, 0.6) is 0 Å². The molecule has 0 bridgehead atoms. The van der Waals surface area contributed by atoms with Crippen LogP contribution in [0.25, 0.3) is 0 Å². The van der Waals surface area contributed by atoms with Gasteiger partial charge in [-0.2, -0.15) is 0 Å². The van der Waals surface area contributed by atoms with E-state index in [1.54, 1.807) is 0 Å². The highest BCUT2D eigenvalue weighted by atomic mass is 79.9. The lowest BCUT2D eigenvalue weighted by molar-refractivity contribution is -0.123. The summed E-state index contributed by atoms with van der Waals surface area (Å²) in [6.45, 7) is 5.55. The molecule has 2 N–H and O–H groups in total. The van der Waals surface area contributed by atoms with Crippen molar-refractivity contribution in [3.05, 3.63) is 34.3 Å². The Labute approximate surface area is 181 Å². The van der Waals surface area contributed by atoms with Crippen molar-refractivity contribution in [2.45, 2.75) is 57.0 Å². The van der Waals surface area contributed by atoms with Gasteiger partial charge in [0.15, 0.2) is 0 Å². The Morgan fingerprint density at radius 2 is 1.79 bits per heavy atom. The molecule has 7 heteroatoms. The number of carbonyl (C=O) groups is 2. The Kier molecular flexibility index (Phi) is 8.09. The molecule has 1 atom stereocenters. The molecule has 1 saturated carbocycles. The number of carbonyl (C=O) groups excluding carboxylic acids is 2. The van der Waals surface area contributed by atoms with Crippen LogP contribution in [0.2, 0.25) is 0 Å². The molecule has 0 aromatic heterocycles. The van der Waals surface area contributed by atoms with Gasteiger partial charge in [-0.3, -0.25) is 14.5 Å². The Morgan fingerprint density at radius 3 is 2.41 bits per heavy atom. The fourth-order valence-electron chi connectivity index (χ4n) is 4.57. The molecule has 1 aromatic carbocycles. The molecule has 0 spiro atoms. The van der Waals surface area contributed by atoms with Gasteiger partial charge in [0, 0.05) is 36.6 Å². The fraction of sp³-hybridized carbons (Fsp3) is 0.636. The average Bonchev–Trinajstić information content (AvgIpc) is 2.73. The van der Waals surface area contributed by atoms with E-state index in [1.807, 2.05) is 24.3 Å². The maximum Gasteiger partial charge on any atom is 0.222 e. The normalized spacial score (nSPS) is 20.6. The molecule has 1 aromatic rings. The predicted molar refractivity (Wildman–Crippen MR) is 117 cm³/mol. The number of ether oxygens (including phenoxy) is 1. The third-order valence-electron chi connectivity index (χ3n) is 6.12. The predicted octanol–water partition coefficient (Wildman–Crippen LogP) is 3.17. The monoisotopic (exact) mass is 465 g/mol. The average molecular weight is 466 g/mol. The van der Waals surface area contributed by atoms with Crippen molar-refractivity contribution < 1.29 is 14.3 Å². The van der Waals surface area contributed by atoms with E-state index in [1.165, 1.54) is 26.2 Å². The minimum atomic E-state index is -0.328. The molecule has 2 aliphatic rings. The summed E-state index contributed by atoms with van der Waals surface area (Å²) in [5, 5.41) is 6.11. The molecule has 1 heterocycles. The lowest BCUT2D eigenvalue weighted by Gasteiger charge is -2.48. The number of hydrogen-bond donors (Lipinski definition) is 2. The summed E-state index contributed by atoms with van der Waals surface area (Å²) in [6.07, 6.45) is 6.17. The fourth-order valence-corrected chi connectivity index (χ4v) is 4.83. The second-order valence-corrected chi connectivity index (χ2v) is 9.09. The highest BCUT2D eigenvalue weighted by Crippen LogP contribution is 2.34. The van der Waals surface area contributed by atoms with Gasteiger partial charge in [0.1, 0.15) is 0 Å². The topological polar surface area (TPSA) is 70.7 Å². The van der Waals surface area contributed by atoms with Crippen molar-refractivity contribution in [2.75, 3.05) is 32.8 Å². The zero-order valence-corrected chi connectivity index (χ0v) is 18.8. The van der Waals surface area contributed by atoms with Crippen LogP contribution in [-0.2, 0) is 14.3 Å². The lowest BCUT2D eigenvalue weighted by atomic mass is 9.79. The van der Waals surface area contributed by atoms with Crippen LogP contribution >= 0.6 is 15.9 Å². The molecule has 6 nitrogen and oxygen atoms in total. The molecule has 2 fully saturated rings. The van der Waals surface area contributed by atoms with Crippen LogP contribution in [0.15, 0.2) is 28.7 Å². The Hall–Kier alpha value is -1.44. The number of benzene rings is 1. The van der Waals surface area contributed by atoms with Gasteiger partial charge in [0.2, 0.25) is 11.8 Å². The van der Waals surface area contributed by atoms with Gasteiger partial charge in [-0.25, -0.2) is 0 Å². The van der Waals surface area contributed by atoms with Crippen LogP contribution < -0.4 is 10.6 Å². The third kappa shape index (κ3) is 6.27. The number of hydrogen-bond acceptors (Lipinski definition) is 4. The summed E-state index contributed by atoms with van der Waals surface area (Å²) in [5.41, 5.74) is 0.970. The molecule has 1 unspecified atom stereocenters. The van der Waals surface area contributed by atoms with Gasteiger partial charge in [-0.05, 0) is 30.5 Å². The lowest BCUT2D eigenvalue weighted by Crippen LogP contribution is -2.59. The number of amides is 2. The number of rotatable bonds is 7. The van der Waals surface area contributed by atoms with E-state index in [-0.39, 0.29) is 29.8 Å². The van der Waals surface area contributed by atoms with Crippen LogP contribution in [0.4, 0.5) is 0 Å². The molecule has 160 valence electrons. The number of nitrogens with zero attached hydrogens (tertiary/aromatic N) is 1. The molecule has 1 aliphatic heterocycles. The summed E-state index contributed by atoms with van der Waals surface area (Å²) in [6, 6.07) is 7.41. The van der Waals surface area contributed by atoms with Crippen molar-refractivity contribution >= 4 is 27.7 Å². The van der Waals surface area contributed by atoms with E-state index in [0.717, 1.165) is 49.2 Å². The van der Waals surface area contributed by atoms with Crippen molar-refractivity contribution in [1.82, 2.24) is 15.5 Å². The Balaban J connectivity index is 1.63. The molecule has 3 rings (SSSR count). The van der Waals surface area contributed by atoms with E-state index in [0.29, 0.717) is 6.54 Å². The van der Waals surface area contributed by atoms with Crippen molar-refractivity contribution in [2.24, 2.45) is 0 Å². The highest BCUT2D eigenvalue weighted by molar-refractivity contribution is 9.10. The second kappa shape index (κ2) is 10.5. The van der Waals surface area contributed by atoms with Crippen molar-refractivity contribution in [3.63, 3.8) is 0 Å². The summed E-state index contributed by atoms with van der Waals surface area (Å²) in [5.74, 6) is -0.160. The van der Waals surface area contributed by atoms with Crippen LogP contribution in [0, 0.1) is 0 Å². The first-order valence-corrected chi connectivity index (χ1v) is 11.4. The maximum absolute atomic E-state index is 12.8. The largest absolute Gasteiger partial charge is 0.379 e. The maximum atomic E-state index is 12.8. The molecule has 2 amide bonds. The van der Waals surface area contributed by atoms with Gasteiger partial charge in [0.05, 0.1) is 25.7 Å². The number of halogens is 1. The third-order valence-corrected chi connectivity index (χ3v) is 6.65. The Bertz CT molecular complexity index is 683. The van der Waals surface area contributed by atoms with Crippen LogP contribution in [0.1, 0.15) is 57.1 Å². The van der Waals surface area contributed by atoms with E-state index < -0.39 is 0 Å². The van der Waals surface area contributed by atoms with Crippen molar-refractivity contribution in [1.29, 1.82) is 0 Å². The Morgan fingerprint density at radius 1 is 1.14 bits per heavy atom. The summed E-state index contributed by atoms with van der Waals surface area (Å²) in [7, 11) is 0. The SMILES string of the molecule is CC(=O)NC(CC(=O)NCC1(N2CCOCC2)CCCCC1)c1ccc(Br)cc1. The molecular weight excluding hydrogens is 434 g/mol. The molecule has 29 heavy (non-hydrogen) atoms. The first-order valence-electron chi connectivity index (χ1n) is 10.6. The van der Waals surface area contributed by atoms with E-state index in [2.05, 4.69) is 31.5 Å². The van der Waals surface area contributed by atoms with E-state index in [4.69, 9.17) is 4.74 Å². The number of morpholine rings is 1. The van der Waals surface area contributed by atoms with Gasteiger partial charge in [0.25, 0.3) is 0 Å². The first-order chi connectivity index (χ1) is 14.0. The summed E-state index contributed by atoms with van der Waals surface area (Å²) < 4.78 is 6.51. The first kappa shape index (κ1) is 22.2. The highest BCUT2D eigenvalue weighted by Gasteiger charge is 2.38. The van der Waals surface area contributed by atoms with Gasteiger partial charge < -0.3 is 15.4 Å². The van der Waals surface area contributed by atoms with Gasteiger partial charge in [-0.1, -0.05) is 47.3 Å². The quantitative estimate of drug-likeness (QED) is 0.648. The van der Waals surface area contributed by atoms with Crippen LogP contribution in [0.3, 0.4) is 0 Å².